The minimum atomic E-state index is -0.0461. The van der Waals surface area contributed by atoms with Crippen molar-refractivity contribution >= 4 is 0 Å². The predicted molar refractivity (Wildman–Crippen MR) is 127 cm³/mol. The summed E-state index contributed by atoms with van der Waals surface area (Å²) in [6.45, 7) is 0. The first-order valence-electron chi connectivity index (χ1n) is 10.5. The topological polar surface area (TPSA) is 0 Å². The van der Waals surface area contributed by atoms with Gasteiger partial charge in [-0.25, -0.2) is 0 Å². The van der Waals surface area contributed by atoms with Crippen molar-refractivity contribution < 1.29 is 0 Å². The van der Waals surface area contributed by atoms with Crippen molar-refractivity contribution in [2.45, 2.75) is 19.3 Å². The summed E-state index contributed by atoms with van der Waals surface area (Å²) in [5, 5.41) is 0. The molecule has 0 amide bonds. The maximum Gasteiger partial charge on any atom is 0.0405 e. The van der Waals surface area contributed by atoms with Crippen LogP contribution in [0.4, 0.5) is 0 Å². The van der Waals surface area contributed by atoms with E-state index in [1.165, 1.54) is 0 Å². The Morgan fingerprint density at radius 2 is 1.00 bits per heavy atom. The van der Waals surface area contributed by atoms with Crippen LogP contribution < -0.4 is 0 Å². The van der Waals surface area contributed by atoms with Gasteiger partial charge in [0.1, 0.15) is 0 Å². The zero-order valence-electron chi connectivity index (χ0n) is 17.2. The van der Waals surface area contributed by atoms with Crippen molar-refractivity contribution in [1.82, 2.24) is 0 Å². The molecule has 0 radical (unpaired) electrons. The van der Waals surface area contributed by atoms with E-state index in [2.05, 4.69) is 59.8 Å². The van der Waals surface area contributed by atoms with Crippen molar-refractivity contribution in [3.8, 4) is 48.4 Å². The number of allylic oxidation sites excluding steroid dienone is 6. The van der Waals surface area contributed by atoms with Gasteiger partial charge in [0.05, 0.1) is 0 Å². The molecule has 144 valence electrons. The van der Waals surface area contributed by atoms with Crippen LogP contribution in [0, 0.1) is 59.2 Å². The van der Waals surface area contributed by atoms with Crippen LogP contribution in [0.5, 0.6) is 0 Å². The summed E-state index contributed by atoms with van der Waals surface area (Å²) >= 11 is 0. The molecule has 2 atom stereocenters. The second-order valence-corrected chi connectivity index (χ2v) is 8.14. The Bertz CT molecular complexity index is 1280. The van der Waals surface area contributed by atoms with Crippen molar-refractivity contribution in [3.63, 3.8) is 0 Å². The zero-order valence-corrected chi connectivity index (χ0v) is 17.2. The van der Waals surface area contributed by atoms with E-state index in [-0.39, 0.29) is 10.8 Å². The van der Waals surface area contributed by atoms with Gasteiger partial charge in [-0.15, -0.1) is 12.8 Å². The summed E-state index contributed by atoms with van der Waals surface area (Å²) in [6.07, 6.45) is 23.7. The van der Waals surface area contributed by atoms with Gasteiger partial charge in [-0.2, -0.15) is 0 Å². The molecule has 0 heteroatoms. The molecule has 3 aliphatic rings. The van der Waals surface area contributed by atoms with E-state index < -0.39 is 0 Å². The summed E-state index contributed by atoms with van der Waals surface area (Å²) in [7, 11) is 0. The SMILES string of the molecule is C#Cc1ccccc1C#CC1=C(C#Cc2ccccc2C#C)[C@]23C=CC=C[C@]12CCC3. The fourth-order valence-electron chi connectivity index (χ4n) is 5.29. The molecule has 0 saturated heterocycles. The third-order valence-corrected chi connectivity index (χ3v) is 6.76. The Hall–Kier alpha value is -4.10. The van der Waals surface area contributed by atoms with Gasteiger partial charge in [0.25, 0.3) is 0 Å². The molecule has 2 aromatic rings. The van der Waals surface area contributed by atoms with E-state index in [1.54, 1.807) is 0 Å². The monoisotopic (exact) mass is 392 g/mol. The van der Waals surface area contributed by atoms with Crippen LogP contribution in [-0.2, 0) is 0 Å². The third kappa shape index (κ3) is 2.71. The first-order chi connectivity index (χ1) is 15.2. The van der Waals surface area contributed by atoms with Gasteiger partial charge >= 0.3 is 0 Å². The van der Waals surface area contributed by atoms with Crippen molar-refractivity contribution in [2.75, 3.05) is 0 Å². The minimum Gasteiger partial charge on any atom is -0.115 e. The van der Waals surface area contributed by atoms with E-state index in [4.69, 9.17) is 12.8 Å². The smallest absolute Gasteiger partial charge is 0.0405 e. The normalized spacial score (nSPS) is 24.3. The molecule has 1 saturated carbocycles. The molecule has 1 fully saturated rings. The number of benzene rings is 2. The molecular weight excluding hydrogens is 372 g/mol. The van der Waals surface area contributed by atoms with Crippen LogP contribution in [0.2, 0.25) is 0 Å². The molecule has 0 aromatic heterocycles. The van der Waals surface area contributed by atoms with Gasteiger partial charge < -0.3 is 0 Å². The number of hydrogen-bond donors (Lipinski definition) is 0. The lowest BCUT2D eigenvalue weighted by Crippen LogP contribution is -2.48. The van der Waals surface area contributed by atoms with Gasteiger partial charge in [0.2, 0.25) is 0 Å². The maximum atomic E-state index is 5.67. The molecule has 0 spiro atoms. The lowest BCUT2D eigenvalue weighted by molar-refractivity contribution is 0.232. The summed E-state index contributed by atoms with van der Waals surface area (Å²) < 4.78 is 0. The Kier molecular flexibility index (Phi) is 4.45. The molecule has 5 rings (SSSR count). The molecule has 0 N–H and O–H groups in total. The van der Waals surface area contributed by atoms with Crippen molar-refractivity contribution in [3.05, 3.63) is 106 Å². The van der Waals surface area contributed by atoms with E-state index in [9.17, 15) is 0 Å². The maximum absolute atomic E-state index is 5.67. The Balaban J connectivity index is 1.67. The highest BCUT2D eigenvalue weighted by molar-refractivity contribution is 5.70. The van der Waals surface area contributed by atoms with Gasteiger partial charge in [0.15, 0.2) is 0 Å². The summed E-state index contributed by atoms with van der Waals surface area (Å²) in [4.78, 5) is 0. The van der Waals surface area contributed by atoms with Crippen LogP contribution in [-0.4, -0.2) is 0 Å². The fraction of sp³-hybridized carbons (Fsp3) is 0.161. The summed E-state index contributed by atoms with van der Waals surface area (Å²) in [6, 6.07) is 15.6. The average molecular weight is 393 g/mol. The van der Waals surface area contributed by atoms with Crippen LogP contribution in [0.15, 0.2) is 84.0 Å². The van der Waals surface area contributed by atoms with E-state index in [0.29, 0.717) is 0 Å². The lowest BCUT2D eigenvalue weighted by atomic mass is 9.47. The van der Waals surface area contributed by atoms with Gasteiger partial charge in [0, 0.05) is 44.2 Å². The predicted octanol–water partition coefficient (Wildman–Crippen LogP) is 5.65. The first-order valence-corrected chi connectivity index (χ1v) is 10.5. The highest BCUT2D eigenvalue weighted by Gasteiger charge is 2.64. The summed E-state index contributed by atoms with van der Waals surface area (Å²) in [5.74, 6) is 19.1. The minimum absolute atomic E-state index is 0.0461. The van der Waals surface area contributed by atoms with E-state index >= 15 is 0 Å². The lowest BCUT2D eigenvalue weighted by Gasteiger charge is -2.54. The summed E-state index contributed by atoms with van der Waals surface area (Å²) in [5.41, 5.74) is 5.56. The largest absolute Gasteiger partial charge is 0.115 e. The van der Waals surface area contributed by atoms with E-state index in [0.717, 1.165) is 52.7 Å². The quantitative estimate of drug-likeness (QED) is 0.509. The highest BCUT2D eigenvalue weighted by atomic mass is 14.6. The molecule has 0 bridgehead atoms. The Morgan fingerprint density at radius 1 is 0.581 bits per heavy atom. The van der Waals surface area contributed by atoms with Crippen LogP contribution in [0.3, 0.4) is 0 Å². The van der Waals surface area contributed by atoms with Gasteiger partial charge in [-0.05, 0) is 37.1 Å². The second-order valence-electron chi connectivity index (χ2n) is 8.14. The zero-order chi connectivity index (χ0) is 21.3. The highest BCUT2D eigenvalue weighted by Crippen LogP contribution is 2.71. The molecule has 0 aliphatic heterocycles. The van der Waals surface area contributed by atoms with E-state index in [1.807, 2.05) is 48.5 Å². The molecule has 0 heterocycles. The first kappa shape index (κ1) is 18.9. The third-order valence-electron chi connectivity index (χ3n) is 6.76. The van der Waals surface area contributed by atoms with Gasteiger partial charge in [-0.3, -0.25) is 0 Å². The molecule has 2 aromatic carbocycles. The molecule has 31 heavy (non-hydrogen) atoms. The number of rotatable bonds is 0. The van der Waals surface area contributed by atoms with Gasteiger partial charge in [-0.1, -0.05) is 90.5 Å². The Morgan fingerprint density at radius 3 is 1.42 bits per heavy atom. The Labute approximate surface area is 184 Å². The van der Waals surface area contributed by atoms with Crippen LogP contribution in [0.1, 0.15) is 41.5 Å². The van der Waals surface area contributed by atoms with Crippen molar-refractivity contribution in [1.29, 1.82) is 0 Å². The number of hydrogen-bond acceptors (Lipinski definition) is 0. The number of terminal acetylenes is 2. The molecule has 0 unspecified atom stereocenters. The second kappa shape index (κ2) is 7.30. The van der Waals surface area contributed by atoms with Crippen LogP contribution in [0.25, 0.3) is 0 Å². The van der Waals surface area contributed by atoms with Crippen molar-refractivity contribution in [2.24, 2.45) is 10.8 Å². The molecule has 3 aliphatic carbocycles. The van der Waals surface area contributed by atoms with Crippen LogP contribution >= 0.6 is 0 Å². The fourth-order valence-corrected chi connectivity index (χ4v) is 5.29. The standard InChI is InChI=1S/C31H20/c1-3-24-12-5-7-14-26(24)16-18-28-29(19-17-27-15-8-6-13-25(27)4-2)31-21-10-9-20-30(28,31)22-11-23-31/h1-2,5-10,12-15,20-21H,11,22-23H2/t30-,31+. The molecular formula is C31H20. The average Bonchev–Trinajstić information content (AvgIpc) is 3.17. The molecule has 0 nitrogen and oxygen atoms in total.